The average molecular weight is 202 g/mol. The van der Waals surface area contributed by atoms with Crippen molar-refractivity contribution in [1.82, 2.24) is 9.80 Å². The molecule has 0 saturated heterocycles. The number of nitrogens with zero attached hydrogens (tertiary/aromatic N) is 2. The van der Waals surface area contributed by atoms with Crippen molar-refractivity contribution in [2.45, 2.75) is 20.3 Å². The number of rotatable bonds is 9. The van der Waals surface area contributed by atoms with E-state index < -0.39 is 0 Å². The fraction of sp³-hybridized carbons (Fsp3) is 1.00. The molecule has 0 atom stereocenters. The van der Waals surface area contributed by atoms with Crippen LogP contribution in [0.15, 0.2) is 0 Å². The van der Waals surface area contributed by atoms with E-state index in [4.69, 9.17) is 4.74 Å². The van der Waals surface area contributed by atoms with Crippen molar-refractivity contribution in [3.8, 4) is 0 Å². The molecule has 0 amide bonds. The average Bonchev–Trinajstić information content (AvgIpc) is 2.16. The van der Waals surface area contributed by atoms with Crippen LogP contribution in [0.5, 0.6) is 0 Å². The van der Waals surface area contributed by atoms with Gasteiger partial charge in [0.25, 0.3) is 0 Å². The van der Waals surface area contributed by atoms with Gasteiger partial charge in [-0.1, -0.05) is 13.8 Å². The van der Waals surface area contributed by atoms with Crippen LogP contribution < -0.4 is 0 Å². The maximum atomic E-state index is 5.52. The van der Waals surface area contributed by atoms with Gasteiger partial charge in [-0.3, -0.25) is 0 Å². The Kier molecular flexibility index (Phi) is 9.35. The lowest BCUT2D eigenvalue weighted by atomic mass is 10.4. The maximum absolute atomic E-state index is 5.52. The molecule has 0 radical (unpaired) electrons. The number of likely N-dealkylation sites (N-methyl/N-ethyl adjacent to an activating group) is 1. The minimum Gasteiger partial charge on any atom is -0.380 e. The summed E-state index contributed by atoms with van der Waals surface area (Å²) in [7, 11) is 4.14. The Balaban J connectivity index is 3.12. The standard InChI is InChI=1S/C11H26N2O/c1-5-13(6-2)8-7-10-14-11-9-12(3)4/h5-11H2,1-4H3. The van der Waals surface area contributed by atoms with Crippen molar-refractivity contribution in [3.05, 3.63) is 0 Å². The van der Waals surface area contributed by atoms with E-state index in [9.17, 15) is 0 Å². The molecule has 0 N–H and O–H groups in total. The third kappa shape index (κ3) is 8.48. The molecule has 3 nitrogen and oxygen atoms in total. The Morgan fingerprint density at radius 2 is 1.57 bits per heavy atom. The summed E-state index contributed by atoms with van der Waals surface area (Å²) in [6.45, 7) is 10.6. The number of ether oxygens (including phenoxy) is 1. The fourth-order valence-corrected chi connectivity index (χ4v) is 1.28. The lowest BCUT2D eigenvalue weighted by Crippen LogP contribution is -2.25. The molecule has 0 aromatic heterocycles. The van der Waals surface area contributed by atoms with Crippen molar-refractivity contribution in [2.24, 2.45) is 0 Å². The summed E-state index contributed by atoms with van der Waals surface area (Å²) in [5.74, 6) is 0. The number of hydrogen-bond acceptors (Lipinski definition) is 3. The molecular formula is C11H26N2O. The van der Waals surface area contributed by atoms with E-state index in [0.717, 1.165) is 45.8 Å². The second-order valence-electron chi connectivity index (χ2n) is 3.80. The first-order valence-electron chi connectivity index (χ1n) is 5.65. The molecule has 0 saturated carbocycles. The molecular weight excluding hydrogens is 176 g/mol. The van der Waals surface area contributed by atoms with Gasteiger partial charge in [0.1, 0.15) is 0 Å². The Labute approximate surface area is 89.0 Å². The van der Waals surface area contributed by atoms with Gasteiger partial charge in [-0.15, -0.1) is 0 Å². The van der Waals surface area contributed by atoms with Crippen molar-refractivity contribution in [2.75, 3.05) is 53.5 Å². The zero-order valence-corrected chi connectivity index (χ0v) is 10.3. The minimum absolute atomic E-state index is 0.852. The second-order valence-corrected chi connectivity index (χ2v) is 3.80. The van der Waals surface area contributed by atoms with E-state index in [0.29, 0.717) is 0 Å². The highest BCUT2D eigenvalue weighted by molar-refractivity contribution is 4.51. The van der Waals surface area contributed by atoms with E-state index >= 15 is 0 Å². The van der Waals surface area contributed by atoms with Gasteiger partial charge in [0.05, 0.1) is 6.61 Å². The van der Waals surface area contributed by atoms with Crippen molar-refractivity contribution in [3.63, 3.8) is 0 Å². The molecule has 86 valence electrons. The largest absolute Gasteiger partial charge is 0.380 e. The van der Waals surface area contributed by atoms with Gasteiger partial charge in [-0.25, -0.2) is 0 Å². The summed E-state index contributed by atoms with van der Waals surface area (Å²) in [6.07, 6.45) is 1.15. The highest BCUT2D eigenvalue weighted by Gasteiger charge is 1.97. The summed E-state index contributed by atoms with van der Waals surface area (Å²) in [5.41, 5.74) is 0. The molecule has 0 aliphatic carbocycles. The van der Waals surface area contributed by atoms with Gasteiger partial charge < -0.3 is 14.5 Å². The first-order chi connectivity index (χ1) is 6.70. The van der Waals surface area contributed by atoms with Gasteiger partial charge in [0.15, 0.2) is 0 Å². The van der Waals surface area contributed by atoms with E-state index in [2.05, 4.69) is 37.7 Å². The Morgan fingerprint density at radius 1 is 0.929 bits per heavy atom. The van der Waals surface area contributed by atoms with Crippen molar-refractivity contribution in [1.29, 1.82) is 0 Å². The molecule has 0 aliphatic rings. The zero-order chi connectivity index (χ0) is 10.8. The molecule has 0 bridgehead atoms. The second kappa shape index (κ2) is 9.44. The van der Waals surface area contributed by atoms with Crippen LogP contribution in [0.1, 0.15) is 20.3 Å². The summed E-state index contributed by atoms with van der Waals surface area (Å²) in [6, 6.07) is 0. The molecule has 0 unspecified atom stereocenters. The quantitative estimate of drug-likeness (QED) is 0.524. The summed E-state index contributed by atoms with van der Waals surface area (Å²) < 4.78 is 5.52. The van der Waals surface area contributed by atoms with Crippen LogP contribution in [0.25, 0.3) is 0 Å². The first-order valence-corrected chi connectivity index (χ1v) is 5.65. The maximum Gasteiger partial charge on any atom is 0.0593 e. The molecule has 0 rings (SSSR count). The van der Waals surface area contributed by atoms with Crippen LogP contribution in [0.4, 0.5) is 0 Å². The fourth-order valence-electron chi connectivity index (χ4n) is 1.28. The van der Waals surface area contributed by atoms with Crippen LogP contribution in [0.3, 0.4) is 0 Å². The van der Waals surface area contributed by atoms with Gasteiger partial charge in [-0.2, -0.15) is 0 Å². The molecule has 0 aromatic carbocycles. The summed E-state index contributed by atoms with van der Waals surface area (Å²) in [5, 5.41) is 0. The third-order valence-electron chi connectivity index (χ3n) is 2.34. The Hall–Kier alpha value is -0.120. The lowest BCUT2D eigenvalue weighted by Gasteiger charge is -2.17. The van der Waals surface area contributed by atoms with Gasteiger partial charge in [-0.05, 0) is 33.6 Å². The van der Waals surface area contributed by atoms with Crippen molar-refractivity contribution < 1.29 is 4.74 Å². The number of hydrogen-bond donors (Lipinski definition) is 0. The summed E-state index contributed by atoms with van der Waals surface area (Å²) in [4.78, 5) is 4.57. The third-order valence-corrected chi connectivity index (χ3v) is 2.34. The Morgan fingerprint density at radius 3 is 2.07 bits per heavy atom. The smallest absolute Gasteiger partial charge is 0.0593 e. The Bertz CT molecular complexity index is 114. The molecule has 0 aliphatic heterocycles. The predicted molar refractivity (Wildman–Crippen MR) is 61.8 cm³/mol. The van der Waals surface area contributed by atoms with E-state index in [1.54, 1.807) is 0 Å². The molecule has 0 fully saturated rings. The first kappa shape index (κ1) is 13.9. The van der Waals surface area contributed by atoms with Crippen LogP contribution >= 0.6 is 0 Å². The van der Waals surface area contributed by atoms with Crippen LogP contribution in [0, 0.1) is 0 Å². The lowest BCUT2D eigenvalue weighted by molar-refractivity contribution is 0.108. The highest BCUT2D eigenvalue weighted by Crippen LogP contribution is 1.91. The van der Waals surface area contributed by atoms with Gasteiger partial charge in [0, 0.05) is 19.7 Å². The molecule has 0 aromatic rings. The zero-order valence-electron chi connectivity index (χ0n) is 10.3. The molecule has 0 spiro atoms. The normalized spacial score (nSPS) is 11.6. The molecule has 14 heavy (non-hydrogen) atoms. The van der Waals surface area contributed by atoms with E-state index in [1.165, 1.54) is 0 Å². The highest BCUT2D eigenvalue weighted by atomic mass is 16.5. The topological polar surface area (TPSA) is 15.7 Å². The predicted octanol–water partition coefficient (Wildman–Crippen LogP) is 1.30. The van der Waals surface area contributed by atoms with Crippen LogP contribution in [0.2, 0.25) is 0 Å². The monoisotopic (exact) mass is 202 g/mol. The van der Waals surface area contributed by atoms with Gasteiger partial charge >= 0.3 is 0 Å². The van der Waals surface area contributed by atoms with Crippen LogP contribution in [-0.2, 0) is 4.74 Å². The molecule has 3 heteroatoms. The minimum atomic E-state index is 0.852. The van der Waals surface area contributed by atoms with E-state index in [-0.39, 0.29) is 0 Å². The van der Waals surface area contributed by atoms with Gasteiger partial charge in [0.2, 0.25) is 0 Å². The molecule has 0 heterocycles. The SMILES string of the molecule is CCN(CC)CCCOCCN(C)C. The van der Waals surface area contributed by atoms with E-state index in [1.807, 2.05) is 0 Å². The van der Waals surface area contributed by atoms with Crippen molar-refractivity contribution >= 4 is 0 Å². The summed E-state index contributed by atoms with van der Waals surface area (Å²) >= 11 is 0. The van der Waals surface area contributed by atoms with Crippen LogP contribution in [-0.4, -0.2) is 63.3 Å².